The second kappa shape index (κ2) is 3.67. The summed E-state index contributed by atoms with van der Waals surface area (Å²) < 4.78 is 0.566. The first kappa shape index (κ1) is 9.61. The average molecular weight is 210 g/mol. The minimum absolute atomic E-state index is 0.566. The maximum Gasteiger partial charge on any atom is 0.199 e. The van der Waals surface area contributed by atoms with Crippen LogP contribution >= 0.6 is 12.2 Å². The van der Waals surface area contributed by atoms with Crippen molar-refractivity contribution in [3.63, 3.8) is 0 Å². The van der Waals surface area contributed by atoms with Crippen molar-refractivity contribution < 1.29 is 0 Å². The molecule has 1 aromatic rings. The zero-order chi connectivity index (χ0) is 10.1. The normalized spacial score (nSPS) is 15.0. The van der Waals surface area contributed by atoms with Gasteiger partial charge in [-0.15, -0.1) is 0 Å². The molecule has 2 heterocycles. The van der Waals surface area contributed by atoms with Gasteiger partial charge in [0.25, 0.3) is 0 Å². The number of anilines is 1. The Labute approximate surface area is 88.4 Å². The highest BCUT2D eigenvalue weighted by atomic mass is 32.1. The van der Waals surface area contributed by atoms with E-state index in [9.17, 15) is 0 Å². The summed E-state index contributed by atoms with van der Waals surface area (Å²) in [6, 6.07) is 0. The Bertz CT molecular complexity index is 396. The first-order chi connectivity index (χ1) is 6.68. The van der Waals surface area contributed by atoms with Crippen LogP contribution in [0.2, 0.25) is 0 Å². The fraction of sp³-hybridized carbons (Fsp3) is 0.556. The minimum atomic E-state index is 0.566. The van der Waals surface area contributed by atoms with E-state index < -0.39 is 0 Å². The fourth-order valence-corrected chi connectivity index (χ4v) is 1.95. The summed E-state index contributed by atoms with van der Waals surface area (Å²) in [4.78, 5) is 9.50. The van der Waals surface area contributed by atoms with Gasteiger partial charge in [-0.1, -0.05) is 0 Å². The van der Waals surface area contributed by atoms with Crippen molar-refractivity contribution in [2.75, 3.05) is 25.5 Å². The van der Waals surface area contributed by atoms with E-state index in [1.54, 1.807) is 0 Å². The van der Waals surface area contributed by atoms with E-state index in [0.717, 1.165) is 25.3 Å². The van der Waals surface area contributed by atoms with Gasteiger partial charge in [-0.25, -0.2) is 4.98 Å². The van der Waals surface area contributed by atoms with Gasteiger partial charge in [0, 0.05) is 31.9 Å². The van der Waals surface area contributed by atoms with Gasteiger partial charge in [-0.05, 0) is 25.2 Å². The summed E-state index contributed by atoms with van der Waals surface area (Å²) in [5.74, 6) is 1.00. The molecule has 0 unspecified atom stereocenters. The van der Waals surface area contributed by atoms with Gasteiger partial charge in [0.2, 0.25) is 0 Å². The van der Waals surface area contributed by atoms with Crippen LogP contribution in [-0.2, 0) is 13.0 Å². The number of nitrogens with one attached hydrogen (secondary N) is 2. The Morgan fingerprint density at radius 2 is 2.21 bits per heavy atom. The molecule has 0 atom stereocenters. The van der Waals surface area contributed by atoms with Gasteiger partial charge in [-0.3, -0.25) is 0 Å². The van der Waals surface area contributed by atoms with Crippen LogP contribution in [0.15, 0.2) is 0 Å². The molecule has 76 valence electrons. The molecule has 1 aliphatic rings. The third kappa shape index (κ3) is 1.65. The fourth-order valence-electron chi connectivity index (χ4n) is 1.74. The zero-order valence-corrected chi connectivity index (χ0v) is 9.24. The predicted octanol–water partition coefficient (Wildman–Crippen LogP) is 0.851. The lowest BCUT2D eigenvalue weighted by Gasteiger charge is -2.22. The van der Waals surface area contributed by atoms with E-state index in [4.69, 9.17) is 12.2 Å². The summed E-state index contributed by atoms with van der Waals surface area (Å²) in [7, 11) is 4.00. The number of nitrogens with zero attached hydrogens (tertiary/aromatic N) is 2. The molecule has 0 radical (unpaired) electrons. The van der Waals surface area contributed by atoms with Crippen molar-refractivity contribution in [2.24, 2.45) is 0 Å². The highest BCUT2D eigenvalue weighted by Gasteiger charge is 2.15. The average Bonchev–Trinajstić information content (AvgIpc) is 2.16. The van der Waals surface area contributed by atoms with Crippen molar-refractivity contribution in [3.8, 4) is 0 Å². The number of rotatable bonds is 1. The molecule has 0 aromatic carbocycles. The van der Waals surface area contributed by atoms with Crippen LogP contribution in [0, 0.1) is 4.77 Å². The predicted molar refractivity (Wildman–Crippen MR) is 59.2 cm³/mol. The Morgan fingerprint density at radius 1 is 1.43 bits per heavy atom. The van der Waals surface area contributed by atoms with Crippen LogP contribution in [0.3, 0.4) is 0 Å². The molecule has 2 N–H and O–H groups in total. The second-order valence-electron chi connectivity index (χ2n) is 3.64. The molecule has 1 aromatic heterocycles. The summed E-state index contributed by atoms with van der Waals surface area (Å²) >= 11 is 5.08. The van der Waals surface area contributed by atoms with Gasteiger partial charge >= 0.3 is 0 Å². The molecule has 4 nitrogen and oxygen atoms in total. The SMILES string of the molecule is CN(C)c1nc(=S)[nH]c2c1CCNC2. The van der Waals surface area contributed by atoms with Gasteiger partial charge in [0.1, 0.15) is 5.82 Å². The number of hydrogen-bond donors (Lipinski definition) is 2. The van der Waals surface area contributed by atoms with E-state index in [0.29, 0.717) is 4.77 Å². The molecular weight excluding hydrogens is 196 g/mol. The molecule has 0 amide bonds. The minimum Gasteiger partial charge on any atom is -0.362 e. The second-order valence-corrected chi connectivity index (χ2v) is 4.03. The summed E-state index contributed by atoms with van der Waals surface area (Å²) in [6.45, 7) is 1.88. The number of hydrogen-bond acceptors (Lipinski definition) is 4. The van der Waals surface area contributed by atoms with Crippen LogP contribution in [0.5, 0.6) is 0 Å². The van der Waals surface area contributed by atoms with Crippen molar-refractivity contribution >= 4 is 18.0 Å². The maximum absolute atomic E-state index is 5.08. The van der Waals surface area contributed by atoms with Crippen molar-refractivity contribution in [2.45, 2.75) is 13.0 Å². The van der Waals surface area contributed by atoms with Crippen LogP contribution in [-0.4, -0.2) is 30.6 Å². The van der Waals surface area contributed by atoms with E-state index in [-0.39, 0.29) is 0 Å². The Hall–Kier alpha value is -0.940. The molecule has 0 aliphatic carbocycles. The highest BCUT2D eigenvalue weighted by Crippen LogP contribution is 2.20. The van der Waals surface area contributed by atoms with E-state index in [1.807, 2.05) is 19.0 Å². The molecule has 0 fully saturated rings. The molecule has 14 heavy (non-hydrogen) atoms. The van der Waals surface area contributed by atoms with E-state index in [1.165, 1.54) is 11.3 Å². The van der Waals surface area contributed by atoms with Crippen LogP contribution in [0.4, 0.5) is 5.82 Å². The lowest BCUT2D eigenvalue weighted by Crippen LogP contribution is -2.27. The van der Waals surface area contributed by atoms with Gasteiger partial charge in [-0.2, -0.15) is 0 Å². The Balaban J connectivity index is 2.58. The van der Waals surface area contributed by atoms with E-state index in [2.05, 4.69) is 15.3 Å². The van der Waals surface area contributed by atoms with E-state index >= 15 is 0 Å². The van der Waals surface area contributed by atoms with Gasteiger partial charge < -0.3 is 15.2 Å². The molecule has 0 spiro atoms. The smallest absolute Gasteiger partial charge is 0.199 e. The largest absolute Gasteiger partial charge is 0.362 e. The molecular formula is C9H14N4S. The molecule has 5 heteroatoms. The number of fused-ring (bicyclic) bond motifs is 1. The first-order valence-corrected chi connectivity index (χ1v) is 5.09. The molecule has 0 saturated heterocycles. The monoisotopic (exact) mass is 210 g/mol. The van der Waals surface area contributed by atoms with Gasteiger partial charge in [0.15, 0.2) is 4.77 Å². The standard InChI is InChI=1S/C9H14N4S/c1-13(2)8-6-3-4-10-5-7(6)11-9(14)12-8/h10H,3-5H2,1-2H3,(H,11,12,14). The third-order valence-electron chi connectivity index (χ3n) is 2.38. The van der Waals surface area contributed by atoms with Crippen LogP contribution < -0.4 is 10.2 Å². The van der Waals surface area contributed by atoms with Crippen molar-refractivity contribution in [1.29, 1.82) is 0 Å². The summed E-state index contributed by atoms with van der Waals surface area (Å²) in [6.07, 6.45) is 1.02. The summed E-state index contributed by atoms with van der Waals surface area (Å²) in [5, 5.41) is 3.31. The molecule has 1 aliphatic heterocycles. The number of aromatic nitrogens is 2. The van der Waals surface area contributed by atoms with Crippen LogP contribution in [0.1, 0.15) is 11.3 Å². The first-order valence-electron chi connectivity index (χ1n) is 4.68. The number of H-pyrrole nitrogens is 1. The maximum atomic E-state index is 5.08. The zero-order valence-electron chi connectivity index (χ0n) is 8.42. The van der Waals surface area contributed by atoms with Crippen molar-refractivity contribution in [3.05, 3.63) is 16.0 Å². The molecule has 2 rings (SSSR count). The Kier molecular flexibility index (Phi) is 2.52. The van der Waals surface area contributed by atoms with Gasteiger partial charge in [0.05, 0.1) is 0 Å². The lowest BCUT2D eigenvalue weighted by atomic mass is 10.1. The molecule has 0 saturated carbocycles. The number of aromatic amines is 1. The highest BCUT2D eigenvalue weighted by molar-refractivity contribution is 7.71. The van der Waals surface area contributed by atoms with Crippen LogP contribution in [0.25, 0.3) is 0 Å². The quantitative estimate of drug-likeness (QED) is 0.675. The van der Waals surface area contributed by atoms with Crippen molar-refractivity contribution in [1.82, 2.24) is 15.3 Å². The summed E-state index contributed by atoms with van der Waals surface area (Å²) in [5.41, 5.74) is 2.47. The molecule has 0 bridgehead atoms. The Morgan fingerprint density at radius 3 is 2.93 bits per heavy atom. The lowest BCUT2D eigenvalue weighted by molar-refractivity contribution is 0.621. The topological polar surface area (TPSA) is 44.0 Å². The third-order valence-corrected chi connectivity index (χ3v) is 2.57.